The van der Waals surface area contributed by atoms with Gasteiger partial charge in [0.25, 0.3) is 5.91 Å². The van der Waals surface area contributed by atoms with Crippen LogP contribution in [0.4, 0.5) is 5.82 Å². The number of ether oxygens (including phenoxy) is 1. The summed E-state index contributed by atoms with van der Waals surface area (Å²) < 4.78 is 5.45. The van der Waals surface area contributed by atoms with Gasteiger partial charge in [-0.25, -0.2) is 9.97 Å². The molecule has 0 unspecified atom stereocenters. The predicted octanol–water partition coefficient (Wildman–Crippen LogP) is 1.92. The Morgan fingerprint density at radius 3 is 2.72 bits per heavy atom. The number of morpholine rings is 1. The van der Waals surface area contributed by atoms with E-state index in [1.54, 1.807) is 6.33 Å². The molecule has 4 rings (SSSR count). The highest BCUT2D eigenvalue weighted by molar-refractivity contribution is 7.12. The van der Waals surface area contributed by atoms with Crippen LogP contribution in [0, 0.1) is 6.92 Å². The third kappa shape index (κ3) is 3.26. The number of thiophene rings is 1. The number of fused-ring (bicyclic) bond motifs is 1. The Balaban J connectivity index is 1.55. The van der Waals surface area contributed by atoms with Crippen molar-refractivity contribution in [1.29, 1.82) is 0 Å². The molecule has 0 aromatic carbocycles. The first-order chi connectivity index (χ1) is 12.2. The van der Waals surface area contributed by atoms with Crippen LogP contribution in [0.15, 0.2) is 17.8 Å². The minimum absolute atomic E-state index is 0.140. The van der Waals surface area contributed by atoms with E-state index in [2.05, 4.69) is 14.9 Å². The zero-order valence-corrected chi connectivity index (χ0v) is 15.2. The zero-order chi connectivity index (χ0) is 17.2. The van der Waals surface area contributed by atoms with Gasteiger partial charge in [-0.3, -0.25) is 4.79 Å². The number of nitrogens with zero attached hydrogens (tertiary/aromatic N) is 4. The Morgan fingerprint density at radius 1 is 1.16 bits per heavy atom. The second-order valence-corrected chi connectivity index (χ2v) is 7.36. The van der Waals surface area contributed by atoms with Gasteiger partial charge in [0, 0.05) is 38.2 Å². The second-order valence-electron chi connectivity index (χ2n) is 6.45. The summed E-state index contributed by atoms with van der Waals surface area (Å²) in [5.41, 5.74) is 3.34. The number of carbonyl (C=O) groups is 1. The molecule has 0 atom stereocenters. The van der Waals surface area contributed by atoms with Gasteiger partial charge < -0.3 is 14.5 Å². The van der Waals surface area contributed by atoms with Crippen LogP contribution in [0.5, 0.6) is 0 Å². The Morgan fingerprint density at radius 2 is 1.96 bits per heavy atom. The maximum absolute atomic E-state index is 12.8. The van der Waals surface area contributed by atoms with Gasteiger partial charge in [-0.15, -0.1) is 11.3 Å². The largest absolute Gasteiger partial charge is 0.378 e. The van der Waals surface area contributed by atoms with E-state index in [1.807, 2.05) is 23.3 Å². The van der Waals surface area contributed by atoms with Crippen LogP contribution in [-0.2, 0) is 17.6 Å². The molecule has 4 heterocycles. The zero-order valence-electron chi connectivity index (χ0n) is 14.4. The van der Waals surface area contributed by atoms with E-state index < -0.39 is 0 Å². The molecule has 7 heteroatoms. The maximum atomic E-state index is 12.8. The highest BCUT2D eigenvalue weighted by Gasteiger charge is 2.26. The van der Waals surface area contributed by atoms with E-state index in [0.717, 1.165) is 61.1 Å². The SMILES string of the molecule is Cc1ccsc1C(=O)N1CCc2ncnc(N3CCOCC3)c2CC1. The molecule has 132 valence electrons. The third-order valence-electron chi connectivity index (χ3n) is 4.92. The molecule has 2 aromatic rings. The van der Waals surface area contributed by atoms with Crippen LogP contribution < -0.4 is 4.90 Å². The molecule has 0 N–H and O–H groups in total. The van der Waals surface area contributed by atoms with Crippen LogP contribution in [0.25, 0.3) is 0 Å². The monoisotopic (exact) mass is 358 g/mol. The number of hydrogen-bond donors (Lipinski definition) is 0. The van der Waals surface area contributed by atoms with E-state index in [9.17, 15) is 4.79 Å². The maximum Gasteiger partial charge on any atom is 0.264 e. The first-order valence-corrected chi connectivity index (χ1v) is 9.61. The van der Waals surface area contributed by atoms with Crippen molar-refractivity contribution < 1.29 is 9.53 Å². The lowest BCUT2D eigenvalue weighted by atomic mass is 10.1. The summed E-state index contributed by atoms with van der Waals surface area (Å²) >= 11 is 1.53. The minimum atomic E-state index is 0.140. The lowest BCUT2D eigenvalue weighted by Gasteiger charge is -2.29. The smallest absolute Gasteiger partial charge is 0.264 e. The molecule has 2 aliphatic heterocycles. The van der Waals surface area contributed by atoms with Crippen molar-refractivity contribution in [2.24, 2.45) is 0 Å². The third-order valence-corrected chi connectivity index (χ3v) is 5.92. The molecule has 25 heavy (non-hydrogen) atoms. The van der Waals surface area contributed by atoms with Gasteiger partial charge in [-0.05, 0) is 30.4 Å². The van der Waals surface area contributed by atoms with E-state index in [1.165, 1.54) is 16.9 Å². The van der Waals surface area contributed by atoms with Gasteiger partial charge in [-0.2, -0.15) is 0 Å². The predicted molar refractivity (Wildman–Crippen MR) is 97.4 cm³/mol. The Labute approximate surface area is 151 Å². The first kappa shape index (κ1) is 16.5. The van der Waals surface area contributed by atoms with Gasteiger partial charge >= 0.3 is 0 Å². The fourth-order valence-corrected chi connectivity index (χ4v) is 4.39. The topological polar surface area (TPSA) is 58.6 Å². The summed E-state index contributed by atoms with van der Waals surface area (Å²) in [6.07, 6.45) is 3.24. The van der Waals surface area contributed by atoms with Crippen molar-refractivity contribution in [2.75, 3.05) is 44.3 Å². The van der Waals surface area contributed by atoms with Crippen molar-refractivity contribution in [3.8, 4) is 0 Å². The van der Waals surface area contributed by atoms with Gasteiger partial charge in [0.05, 0.1) is 23.8 Å². The Bertz CT molecular complexity index is 770. The van der Waals surface area contributed by atoms with Gasteiger partial charge in [-0.1, -0.05) is 0 Å². The highest BCUT2D eigenvalue weighted by Crippen LogP contribution is 2.26. The van der Waals surface area contributed by atoms with E-state index in [4.69, 9.17) is 4.74 Å². The molecule has 6 nitrogen and oxygen atoms in total. The highest BCUT2D eigenvalue weighted by atomic mass is 32.1. The minimum Gasteiger partial charge on any atom is -0.378 e. The van der Waals surface area contributed by atoms with Crippen molar-refractivity contribution in [3.05, 3.63) is 39.5 Å². The van der Waals surface area contributed by atoms with Crippen LogP contribution in [0.2, 0.25) is 0 Å². The molecule has 1 amide bonds. The lowest BCUT2D eigenvalue weighted by molar-refractivity contribution is 0.0767. The number of anilines is 1. The van der Waals surface area contributed by atoms with Crippen LogP contribution in [-0.4, -0.2) is 60.2 Å². The van der Waals surface area contributed by atoms with Crippen molar-refractivity contribution >= 4 is 23.1 Å². The molecule has 0 bridgehead atoms. The summed E-state index contributed by atoms with van der Waals surface area (Å²) in [4.78, 5) is 27.0. The molecule has 0 aliphatic carbocycles. The molecule has 0 spiro atoms. The fraction of sp³-hybridized carbons (Fsp3) is 0.500. The molecule has 1 fully saturated rings. The first-order valence-electron chi connectivity index (χ1n) is 8.73. The summed E-state index contributed by atoms with van der Waals surface area (Å²) in [6.45, 7) is 6.62. The summed E-state index contributed by atoms with van der Waals surface area (Å²) in [7, 11) is 0. The lowest BCUT2D eigenvalue weighted by Crippen LogP contribution is -2.37. The van der Waals surface area contributed by atoms with Gasteiger partial charge in [0.15, 0.2) is 0 Å². The molecule has 2 aliphatic rings. The van der Waals surface area contributed by atoms with Gasteiger partial charge in [0.1, 0.15) is 12.1 Å². The number of aryl methyl sites for hydroxylation is 1. The van der Waals surface area contributed by atoms with Gasteiger partial charge in [0.2, 0.25) is 0 Å². The number of hydrogen-bond acceptors (Lipinski definition) is 6. The quantitative estimate of drug-likeness (QED) is 0.821. The molecule has 0 radical (unpaired) electrons. The number of rotatable bonds is 2. The van der Waals surface area contributed by atoms with Crippen molar-refractivity contribution in [2.45, 2.75) is 19.8 Å². The second kappa shape index (κ2) is 7.09. The average Bonchev–Trinajstić information content (AvgIpc) is 2.96. The summed E-state index contributed by atoms with van der Waals surface area (Å²) in [5, 5.41) is 1.98. The number of aromatic nitrogens is 2. The molecule has 0 saturated carbocycles. The van der Waals surface area contributed by atoms with E-state index in [0.29, 0.717) is 13.1 Å². The number of amides is 1. The molecule has 2 aromatic heterocycles. The normalized spacial score (nSPS) is 18.0. The standard InChI is InChI=1S/C18H22N4O2S/c1-13-4-11-25-16(13)18(23)22-5-2-14-15(3-6-22)19-12-20-17(14)21-7-9-24-10-8-21/h4,11-12H,2-3,5-10H2,1H3. The summed E-state index contributed by atoms with van der Waals surface area (Å²) in [6, 6.07) is 2.01. The Hall–Kier alpha value is -1.99. The van der Waals surface area contributed by atoms with E-state index >= 15 is 0 Å². The van der Waals surface area contributed by atoms with E-state index in [-0.39, 0.29) is 5.91 Å². The van der Waals surface area contributed by atoms with Crippen LogP contribution in [0.3, 0.4) is 0 Å². The van der Waals surface area contributed by atoms with Crippen molar-refractivity contribution in [1.82, 2.24) is 14.9 Å². The van der Waals surface area contributed by atoms with Crippen LogP contribution in [0.1, 0.15) is 26.5 Å². The fourth-order valence-electron chi connectivity index (χ4n) is 3.50. The Kier molecular flexibility index (Phi) is 4.67. The van der Waals surface area contributed by atoms with Crippen molar-refractivity contribution in [3.63, 3.8) is 0 Å². The molecular weight excluding hydrogens is 336 g/mol. The van der Waals surface area contributed by atoms with Crippen LogP contribution >= 0.6 is 11.3 Å². The average molecular weight is 358 g/mol. The molecule has 1 saturated heterocycles. The molecular formula is C18H22N4O2S. The number of carbonyl (C=O) groups excluding carboxylic acids is 1. The summed E-state index contributed by atoms with van der Waals surface area (Å²) in [5.74, 6) is 1.16.